The van der Waals surface area contributed by atoms with Crippen LogP contribution in [0.1, 0.15) is 27.8 Å². The van der Waals surface area contributed by atoms with Gasteiger partial charge in [-0.1, -0.05) is 18.2 Å². The van der Waals surface area contributed by atoms with Crippen molar-refractivity contribution in [3.05, 3.63) is 77.7 Å². The number of nitrogens with one attached hydrogen (secondary N) is 1. The summed E-state index contributed by atoms with van der Waals surface area (Å²) in [6.45, 7) is 1.48. The number of carbonyl (C=O) groups is 1. The van der Waals surface area contributed by atoms with E-state index in [1.165, 1.54) is 0 Å². The summed E-state index contributed by atoms with van der Waals surface area (Å²) in [6.07, 6.45) is 1.33. The Hall–Kier alpha value is -3.41. The number of hydrogen-bond acceptors (Lipinski definition) is 5. The molecule has 3 heterocycles. The van der Waals surface area contributed by atoms with Crippen LogP contribution in [0.15, 0.2) is 65.3 Å². The van der Waals surface area contributed by atoms with Crippen molar-refractivity contribution in [1.82, 2.24) is 4.90 Å². The molecule has 0 aliphatic carbocycles. The molecule has 0 unspecified atom stereocenters. The Bertz CT molecular complexity index is 984. The third-order valence-corrected chi connectivity index (χ3v) is 4.81. The smallest absolute Gasteiger partial charge is 0.256 e. The zero-order chi connectivity index (χ0) is 18.2. The summed E-state index contributed by atoms with van der Waals surface area (Å²) in [4.78, 5) is 14.7. The number of anilines is 1. The number of nitrogens with zero attached hydrogens (tertiary/aromatic N) is 1. The molecule has 2 aliphatic heterocycles. The predicted molar refractivity (Wildman–Crippen MR) is 98.8 cm³/mol. The average Bonchev–Trinajstić information content (AvgIpc) is 3.31. The largest absolute Gasteiger partial charge is 0.486 e. The summed E-state index contributed by atoms with van der Waals surface area (Å²) in [6, 6.07) is 17.1. The van der Waals surface area contributed by atoms with Crippen LogP contribution in [0.5, 0.6) is 11.5 Å². The van der Waals surface area contributed by atoms with Crippen LogP contribution < -0.4 is 14.8 Å². The van der Waals surface area contributed by atoms with Crippen molar-refractivity contribution in [2.24, 2.45) is 0 Å². The first kappa shape index (κ1) is 15.8. The zero-order valence-electron chi connectivity index (χ0n) is 14.6. The third kappa shape index (κ3) is 2.79. The van der Waals surface area contributed by atoms with Crippen LogP contribution in [0.4, 0.5) is 5.69 Å². The standard InChI is InChI=1S/C21H18N2O4/c24-21-17-6-2-1-5-16(17)20(23(21)13-15-4-3-9-25-15)22-14-7-8-18-19(12-14)27-11-10-26-18/h1-9,12,20,22H,10-11,13H2/t20-/m0/s1. The molecule has 0 spiro atoms. The molecule has 2 aromatic carbocycles. The summed E-state index contributed by atoms with van der Waals surface area (Å²) >= 11 is 0. The van der Waals surface area contributed by atoms with Gasteiger partial charge in [-0.2, -0.15) is 0 Å². The van der Waals surface area contributed by atoms with Gasteiger partial charge < -0.3 is 24.1 Å². The fraction of sp³-hybridized carbons (Fsp3) is 0.190. The molecular weight excluding hydrogens is 344 g/mol. The Morgan fingerprint density at radius 1 is 1.00 bits per heavy atom. The SMILES string of the molecule is O=C1c2ccccc2[C@@H](Nc2ccc3c(c2)OCCO3)N1Cc1ccco1. The van der Waals surface area contributed by atoms with Crippen LogP contribution in [-0.4, -0.2) is 24.0 Å². The molecule has 0 bridgehead atoms. The highest BCUT2D eigenvalue weighted by Gasteiger charge is 2.37. The van der Waals surface area contributed by atoms with Gasteiger partial charge in [-0.05, 0) is 30.3 Å². The molecule has 136 valence electrons. The number of rotatable bonds is 4. The fourth-order valence-corrected chi connectivity index (χ4v) is 3.55. The number of furan rings is 1. The van der Waals surface area contributed by atoms with Crippen molar-refractivity contribution in [2.45, 2.75) is 12.7 Å². The quantitative estimate of drug-likeness (QED) is 0.764. The van der Waals surface area contributed by atoms with Crippen LogP contribution in [0.2, 0.25) is 0 Å². The first-order valence-electron chi connectivity index (χ1n) is 8.88. The molecule has 0 radical (unpaired) electrons. The minimum atomic E-state index is -0.290. The van der Waals surface area contributed by atoms with Gasteiger partial charge in [0.2, 0.25) is 0 Å². The van der Waals surface area contributed by atoms with Gasteiger partial charge in [0.05, 0.1) is 12.8 Å². The van der Waals surface area contributed by atoms with E-state index in [0.717, 1.165) is 22.8 Å². The summed E-state index contributed by atoms with van der Waals surface area (Å²) in [5, 5.41) is 3.47. The third-order valence-electron chi connectivity index (χ3n) is 4.81. The number of fused-ring (bicyclic) bond motifs is 2. The van der Waals surface area contributed by atoms with Crippen LogP contribution >= 0.6 is 0 Å². The molecule has 1 aromatic heterocycles. The van der Waals surface area contributed by atoms with E-state index in [2.05, 4.69) is 5.32 Å². The summed E-state index contributed by atoms with van der Waals surface area (Å²) in [5.74, 6) is 2.17. The average molecular weight is 362 g/mol. The normalized spacial score (nSPS) is 17.7. The number of benzene rings is 2. The summed E-state index contributed by atoms with van der Waals surface area (Å²) in [5.41, 5.74) is 2.52. The minimum Gasteiger partial charge on any atom is -0.486 e. The second-order valence-electron chi connectivity index (χ2n) is 6.50. The lowest BCUT2D eigenvalue weighted by atomic mass is 10.1. The van der Waals surface area contributed by atoms with E-state index in [1.807, 2.05) is 54.6 Å². The van der Waals surface area contributed by atoms with Crippen LogP contribution in [0, 0.1) is 0 Å². The minimum absolute atomic E-state index is 0.0166. The lowest BCUT2D eigenvalue weighted by Gasteiger charge is -2.27. The number of amides is 1. The Kier molecular flexibility index (Phi) is 3.74. The summed E-state index contributed by atoms with van der Waals surface area (Å²) < 4.78 is 16.7. The van der Waals surface area contributed by atoms with Crippen LogP contribution in [0.3, 0.4) is 0 Å². The van der Waals surface area contributed by atoms with E-state index in [0.29, 0.717) is 31.1 Å². The monoisotopic (exact) mass is 362 g/mol. The predicted octanol–water partition coefficient (Wildman–Crippen LogP) is 3.82. The molecule has 1 amide bonds. The molecular formula is C21H18N2O4. The molecule has 3 aromatic rings. The van der Waals surface area contributed by atoms with Gasteiger partial charge in [0.1, 0.15) is 25.1 Å². The van der Waals surface area contributed by atoms with E-state index in [-0.39, 0.29) is 12.1 Å². The van der Waals surface area contributed by atoms with Gasteiger partial charge in [-0.25, -0.2) is 0 Å². The number of carbonyl (C=O) groups excluding carboxylic acids is 1. The Morgan fingerprint density at radius 2 is 1.85 bits per heavy atom. The molecule has 2 aliphatic rings. The lowest BCUT2D eigenvalue weighted by Crippen LogP contribution is -2.31. The van der Waals surface area contributed by atoms with Crippen molar-refractivity contribution in [3.63, 3.8) is 0 Å². The second-order valence-corrected chi connectivity index (χ2v) is 6.50. The maximum atomic E-state index is 13.0. The van der Waals surface area contributed by atoms with Gasteiger partial charge in [-0.3, -0.25) is 4.79 Å². The Balaban J connectivity index is 1.48. The maximum Gasteiger partial charge on any atom is 0.256 e. The molecule has 6 nitrogen and oxygen atoms in total. The molecule has 1 N–H and O–H groups in total. The van der Waals surface area contributed by atoms with Gasteiger partial charge in [0.25, 0.3) is 5.91 Å². The summed E-state index contributed by atoms with van der Waals surface area (Å²) in [7, 11) is 0. The van der Waals surface area contributed by atoms with E-state index in [4.69, 9.17) is 13.9 Å². The molecule has 27 heavy (non-hydrogen) atoms. The van der Waals surface area contributed by atoms with Crippen molar-refractivity contribution in [1.29, 1.82) is 0 Å². The van der Waals surface area contributed by atoms with E-state index >= 15 is 0 Å². The van der Waals surface area contributed by atoms with E-state index in [1.54, 1.807) is 11.2 Å². The second kappa shape index (κ2) is 6.39. The zero-order valence-corrected chi connectivity index (χ0v) is 14.6. The maximum absolute atomic E-state index is 13.0. The molecule has 0 saturated heterocycles. The highest BCUT2D eigenvalue weighted by Crippen LogP contribution is 2.38. The molecule has 1 atom stereocenters. The molecule has 5 rings (SSSR count). The molecule has 0 saturated carbocycles. The van der Waals surface area contributed by atoms with Crippen molar-refractivity contribution in [3.8, 4) is 11.5 Å². The lowest BCUT2D eigenvalue weighted by molar-refractivity contribution is 0.0715. The fourth-order valence-electron chi connectivity index (χ4n) is 3.55. The van der Waals surface area contributed by atoms with Gasteiger partial charge in [-0.15, -0.1) is 0 Å². The highest BCUT2D eigenvalue weighted by atomic mass is 16.6. The molecule has 0 fully saturated rings. The van der Waals surface area contributed by atoms with Crippen LogP contribution in [-0.2, 0) is 6.54 Å². The molecule has 6 heteroatoms. The van der Waals surface area contributed by atoms with Crippen LogP contribution in [0.25, 0.3) is 0 Å². The van der Waals surface area contributed by atoms with E-state index in [9.17, 15) is 4.79 Å². The van der Waals surface area contributed by atoms with Gasteiger partial charge in [0.15, 0.2) is 11.5 Å². The Morgan fingerprint density at radius 3 is 2.70 bits per heavy atom. The van der Waals surface area contributed by atoms with Crippen molar-refractivity contribution in [2.75, 3.05) is 18.5 Å². The van der Waals surface area contributed by atoms with Gasteiger partial charge in [0, 0.05) is 22.9 Å². The Labute approximate surface area is 156 Å². The number of hydrogen-bond donors (Lipinski definition) is 1. The topological polar surface area (TPSA) is 63.9 Å². The van der Waals surface area contributed by atoms with Crippen molar-refractivity contribution >= 4 is 11.6 Å². The first-order valence-corrected chi connectivity index (χ1v) is 8.88. The van der Waals surface area contributed by atoms with Gasteiger partial charge >= 0.3 is 0 Å². The first-order chi connectivity index (χ1) is 13.3. The highest BCUT2D eigenvalue weighted by molar-refractivity contribution is 5.99. The van der Waals surface area contributed by atoms with Crippen molar-refractivity contribution < 1.29 is 18.7 Å². The number of ether oxygens (including phenoxy) is 2. The van der Waals surface area contributed by atoms with E-state index < -0.39 is 0 Å².